The molecule has 0 bridgehead atoms. The molecule has 5 nitrogen and oxygen atoms in total. The van der Waals surface area contributed by atoms with Gasteiger partial charge in [-0.1, -0.05) is 0 Å². The molecule has 0 N–H and O–H groups in total. The Kier molecular flexibility index (Phi) is 7.84. The van der Waals surface area contributed by atoms with Gasteiger partial charge < -0.3 is 14.4 Å². The second kappa shape index (κ2) is 10.4. The van der Waals surface area contributed by atoms with Crippen molar-refractivity contribution in [3.8, 4) is 5.75 Å². The van der Waals surface area contributed by atoms with Crippen molar-refractivity contribution < 1.29 is 32.2 Å². The number of carbonyl (C=O) groups excluding carboxylic acids is 2. The number of aryl methyl sites for hydroxylation is 1. The molecule has 1 aliphatic heterocycles. The summed E-state index contributed by atoms with van der Waals surface area (Å²) in [5.74, 6) is 0.639. The van der Waals surface area contributed by atoms with Crippen molar-refractivity contribution in [2.45, 2.75) is 31.0 Å². The summed E-state index contributed by atoms with van der Waals surface area (Å²) in [6.07, 6.45) is -4.67. The van der Waals surface area contributed by atoms with Crippen LogP contribution >= 0.6 is 11.8 Å². The summed E-state index contributed by atoms with van der Waals surface area (Å²) < 4.78 is 49.4. The summed E-state index contributed by atoms with van der Waals surface area (Å²) in [6, 6.07) is 10.0. The zero-order valence-electron chi connectivity index (χ0n) is 17.8. The summed E-state index contributed by atoms with van der Waals surface area (Å²) in [6.45, 7) is 4.82. The van der Waals surface area contributed by atoms with E-state index in [2.05, 4.69) is 0 Å². The minimum absolute atomic E-state index is 0.00650. The summed E-state index contributed by atoms with van der Waals surface area (Å²) >= 11 is 1.20. The number of amides is 1. The number of morpholine rings is 1. The lowest BCUT2D eigenvalue weighted by Crippen LogP contribution is -2.48. The Balaban J connectivity index is 1.48. The van der Waals surface area contributed by atoms with Crippen molar-refractivity contribution in [3.63, 3.8) is 0 Å². The Labute approximate surface area is 188 Å². The van der Waals surface area contributed by atoms with E-state index in [9.17, 15) is 22.8 Å². The molecule has 1 unspecified atom stereocenters. The third kappa shape index (κ3) is 6.49. The molecule has 2 aromatic rings. The zero-order chi connectivity index (χ0) is 23.3. The molecule has 1 amide bonds. The molecule has 3 rings (SSSR count). The molecule has 32 heavy (non-hydrogen) atoms. The van der Waals surface area contributed by atoms with Gasteiger partial charge in [-0.25, -0.2) is 0 Å². The first kappa shape index (κ1) is 24.1. The highest BCUT2D eigenvalue weighted by atomic mass is 32.2. The van der Waals surface area contributed by atoms with Gasteiger partial charge in [0.15, 0.2) is 5.78 Å². The second-order valence-corrected chi connectivity index (χ2v) is 8.54. The maximum atomic E-state index is 12.7. The van der Waals surface area contributed by atoms with Crippen molar-refractivity contribution in [2.75, 3.05) is 32.1 Å². The third-order valence-corrected chi connectivity index (χ3v) is 6.05. The van der Waals surface area contributed by atoms with Gasteiger partial charge in [-0.2, -0.15) is 13.2 Å². The van der Waals surface area contributed by atoms with Crippen LogP contribution in [0, 0.1) is 6.92 Å². The lowest BCUT2D eigenvalue weighted by molar-refractivity contribution is -0.138. The quantitative estimate of drug-likeness (QED) is 0.440. The van der Waals surface area contributed by atoms with Crippen LogP contribution < -0.4 is 4.74 Å². The largest absolute Gasteiger partial charge is 0.491 e. The normalized spacial score (nSPS) is 16.7. The van der Waals surface area contributed by atoms with Gasteiger partial charge >= 0.3 is 6.18 Å². The number of benzene rings is 2. The van der Waals surface area contributed by atoms with E-state index in [0.29, 0.717) is 35.9 Å². The summed E-state index contributed by atoms with van der Waals surface area (Å²) in [5.41, 5.74) is 0.764. The van der Waals surface area contributed by atoms with Crippen LogP contribution in [0.15, 0.2) is 47.4 Å². The summed E-state index contributed by atoms with van der Waals surface area (Å²) in [5, 5.41) is 0. The fourth-order valence-corrected chi connectivity index (χ4v) is 4.13. The molecule has 1 heterocycles. The Morgan fingerprint density at radius 2 is 1.91 bits per heavy atom. The van der Waals surface area contributed by atoms with Crippen LogP contribution in [0.2, 0.25) is 0 Å². The molecular weight excluding hydrogens is 443 g/mol. The van der Waals surface area contributed by atoms with E-state index in [1.807, 2.05) is 6.92 Å². The predicted octanol–water partition coefficient (Wildman–Crippen LogP) is 4.61. The molecule has 0 saturated carbocycles. The van der Waals surface area contributed by atoms with Crippen LogP contribution in [0.1, 0.15) is 28.4 Å². The van der Waals surface area contributed by atoms with Crippen molar-refractivity contribution in [1.82, 2.24) is 4.90 Å². The lowest BCUT2D eigenvalue weighted by atomic mass is 10.1. The van der Waals surface area contributed by atoms with E-state index in [0.717, 1.165) is 17.7 Å². The number of alkyl halides is 3. The van der Waals surface area contributed by atoms with Gasteiger partial charge in [0.25, 0.3) is 0 Å². The number of nitrogens with zero attached hydrogens (tertiary/aromatic N) is 1. The first-order valence-electron chi connectivity index (χ1n) is 10.1. The number of ether oxygens (including phenoxy) is 2. The van der Waals surface area contributed by atoms with Crippen LogP contribution in [0.5, 0.6) is 5.75 Å². The number of ketones is 1. The first-order chi connectivity index (χ1) is 15.1. The van der Waals surface area contributed by atoms with E-state index >= 15 is 0 Å². The van der Waals surface area contributed by atoms with Crippen LogP contribution in [0.3, 0.4) is 0 Å². The summed E-state index contributed by atoms with van der Waals surface area (Å²) in [7, 11) is 0. The van der Waals surface area contributed by atoms with Crippen molar-refractivity contribution in [2.24, 2.45) is 0 Å². The Bertz CT molecular complexity index is 963. The molecule has 0 aromatic heterocycles. The minimum Gasteiger partial charge on any atom is -0.491 e. The SMILES string of the molecule is CC(=O)c1ccc(OCC2CN(C(=O)CSc3ccc(C(F)(F)F)cc3)CCO2)cc1C. The topological polar surface area (TPSA) is 55.8 Å². The van der Waals surface area contributed by atoms with E-state index in [1.165, 1.54) is 30.8 Å². The highest BCUT2D eigenvalue weighted by Gasteiger charge is 2.30. The average Bonchev–Trinajstić information content (AvgIpc) is 2.75. The van der Waals surface area contributed by atoms with Crippen molar-refractivity contribution >= 4 is 23.5 Å². The number of carbonyl (C=O) groups is 2. The minimum atomic E-state index is -4.38. The smallest absolute Gasteiger partial charge is 0.416 e. The van der Waals surface area contributed by atoms with Gasteiger partial charge in [0, 0.05) is 17.0 Å². The summed E-state index contributed by atoms with van der Waals surface area (Å²) in [4.78, 5) is 26.4. The van der Waals surface area contributed by atoms with Crippen molar-refractivity contribution in [1.29, 1.82) is 0 Å². The Morgan fingerprint density at radius 3 is 2.53 bits per heavy atom. The molecule has 2 aromatic carbocycles. The van der Waals surface area contributed by atoms with E-state index in [4.69, 9.17) is 9.47 Å². The van der Waals surface area contributed by atoms with E-state index < -0.39 is 11.7 Å². The van der Waals surface area contributed by atoms with E-state index in [-0.39, 0.29) is 30.2 Å². The fourth-order valence-electron chi connectivity index (χ4n) is 3.33. The van der Waals surface area contributed by atoms with Gasteiger partial charge in [0.05, 0.1) is 24.5 Å². The van der Waals surface area contributed by atoms with Crippen molar-refractivity contribution in [3.05, 3.63) is 59.2 Å². The number of hydrogen-bond donors (Lipinski definition) is 0. The Hall–Kier alpha value is -2.52. The molecule has 0 radical (unpaired) electrons. The van der Waals surface area contributed by atoms with E-state index in [1.54, 1.807) is 23.1 Å². The fraction of sp³-hybridized carbons (Fsp3) is 0.391. The van der Waals surface area contributed by atoms with Gasteiger partial charge in [-0.3, -0.25) is 9.59 Å². The van der Waals surface area contributed by atoms with Gasteiger partial charge in [0.2, 0.25) is 5.91 Å². The van der Waals surface area contributed by atoms with Gasteiger partial charge in [-0.15, -0.1) is 11.8 Å². The number of hydrogen-bond acceptors (Lipinski definition) is 5. The first-order valence-corrected chi connectivity index (χ1v) is 11.1. The van der Waals surface area contributed by atoms with Crippen LogP contribution in [-0.4, -0.2) is 54.8 Å². The number of halogens is 3. The zero-order valence-corrected chi connectivity index (χ0v) is 18.6. The number of rotatable bonds is 7. The third-order valence-electron chi connectivity index (χ3n) is 5.05. The van der Waals surface area contributed by atoms with Gasteiger partial charge in [-0.05, 0) is 61.9 Å². The van der Waals surface area contributed by atoms with Crippen LogP contribution in [0.4, 0.5) is 13.2 Å². The molecule has 1 atom stereocenters. The average molecular weight is 468 g/mol. The highest BCUT2D eigenvalue weighted by Crippen LogP contribution is 2.30. The molecule has 0 spiro atoms. The maximum Gasteiger partial charge on any atom is 0.416 e. The van der Waals surface area contributed by atoms with Crippen LogP contribution in [-0.2, 0) is 15.7 Å². The molecule has 0 aliphatic carbocycles. The molecule has 1 saturated heterocycles. The van der Waals surface area contributed by atoms with Crippen LogP contribution in [0.25, 0.3) is 0 Å². The number of thioether (sulfide) groups is 1. The highest BCUT2D eigenvalue weighted by molar-refractivity contribution is 8.00. The second-order valence-electron chi connectivity index (χ2n) is 7.49. The Morgan fingerprint density at radius 1 is 1.19 bits per heavy atom. The number of Topliss-reactive ketones (excluding diaryl/α,β-unsaturated/α-hetero) is 1. The predicted molar refractivity (Wildman–Crippen MR) is 115 cm³/mol. The molecule has 1 aliphatic rings. The lowest BCUT2D eigenvalue weighted by Gasteiger charge is -2.32. The van der Waals surface area contributed by atoms with Gasteiger partial charge in [0.1, 0.15) is 18.5 Å². The standard InChI is InChI=1S/C23H24F3NO4S/c1-15-11-18(5-8-21(15)16(2)28)31-13-19-12-27(9-10-30-19)22(29)14-32-20-6-3-17(4-7-20)23(24,25)26/h3-8,11,19H,9-10,12-14H2,1-2H3. The molecule has 172 valence electrons. The molecule has 1 fully saturated rings. The molecular formula is C23H24F3NO4S. The monoisotopic (exact) mass is 467 g/mol. The maximum absolute atomic E-state index is 12.7. The molecule has 9 heteroatoms.